The second-order valence-corrected chi connectivity index (χ2v) is 8.31. The number of likely N-dealkylation sites (tertiary alicyclic amines) is 1. The third-order valence-corrected chi connectivity index (χ3v) is 6.74. The van der Waals surface area contributed by atoms with Crippen LogP contribution in [0.4, 0.5) is 4.79 Å². The van der Waals surface area contributed by atoms with Crippen molar-refractivity contribution in [1.29, 1.82) is 0 Å². The van der Waals surface area contributed by atoms with Gasteiger partial charge in [0.1, 0.15) is 5.75 Å². The van der Waals surface area contributed by atoms with E-state index in [-0.39, 0.29) is 6.03 Å². The molecule has 3 heterocycles. The summed E-state index contributed by atoms with van der Waals surface area (Å²) in [6.07, 6.45) is 6.71. The van der Waals surface area contributed by atoms with Crippen molar-refractivity contribution in [2.24, 2.45) is 5.92 Å². The minimum atomic E-state index is 0.150. The highest BCUT2D eigenvalue weighted by Gasteiger charge is 2.43. The zero-order chi connectivity index (χ0) is 18.8. The third kappa shape index (κ3) is 3.66. The number of nitrogens with one attached hydrogen (secondary N) is 1. The fraction of sp³-hybridized carbons (Fsp3) is 0.682. The molecule has 1 aromatic rings. The number of amides is 2. The molecule has 1 N–H and O–H groups in total. The first kappa shape index (κ1) is 18.6. The van der Waals surface area contributed by atoms with Crippen LogP contribution >= 0.6 is 0 Å². The lowest BCUT2D eigenvalue weighted by Crippen LogP contribution is -2.59. The van der Waals surface area contributed by atoms with Crippen LogP contribution in [-0.2, 0) is 6.42 Å². The number of unbranched alkanes of at least 4 members (excludes halogenated alkanes) is 1. The summed E-state index contributed by atoms with van der Waals surface area (Å²) in [4.78, 5) is 17.6. The minimum absolute atomic E-state index is 0.150. The molecule has 2 amide bonds. The lowest BCUT2D eigenvalue weighted by atomic mass is 9.76. The second-order valence-electron chi connectivity index (χ2n) is 8.31. The number of fused-ring (bicyclic) bond motifs is 4. The Bertz CT molecular complexity index is 678. The number of benzene rings is 1. The van der Waals surface area contributed by atoms with Crippen LogP contribution in [0.1, 0.15) is 56.2 Å². The van der Waals surface area contributed by atoms with Crippen LogP contribution in [0.15, 0.2) is 18.2 Å². The number of ether oxygens (including phenoxy) is 1. The number of urea groups is 1. The number of methoxy groups -OCH3 is 1. The molecule has 4 rings (SSSR count). The van der Waals surface area contributed by atoms with Gasteiger partial charge in [-0.2, -0.15) is 0 Å². The summed E-state index contributed by atoms with van der Waals surface area (Å²) in [5, 5.41) is 3.15. The Morgan fingerprint density at radius 2 is 2.22 bits per heavy atom. The largest absolute Gasteiger partial charge is 0.497 e. The monoisotopic (exact) mass is 371 g/mol. The average Bonchev–Trinajstić information content (AvgIpc) is 2.71. The van der Waals surface area contributed by atoms with Gasteiger partial charge >= 0.3 is 6.03 Å². The van der Waals surface area contributed by atoms with E-state index in [2.05, 4.69) is 40.2 Å². The molecule has 3 aliphatic rings. The van der Waals surface area contributed by atoms with E-state index in [0.717, 1.165) is 64.0 Å². The number of nitrogens with zero attached hydrogens (tertiary/aromatic N) is 2. The molecular formula is C22H33N3O2. The minimum Gasteiger partial charge on any atom is -0.497 e. The fourth-order valence-electron chi connectivity index (χ4n) is 5.29. The highest BCUT2D eigenvalue weighted by Crippen LogP contribution is 2.43. The van der Waals surface area contributed by atoms with E-state index in [9.17, 15) is 4.79 Å². The van der Waals surface area contributed by atoms with Crippen molar-refractivity contribution in [3.63, 3.8) is 0 Å². The van der Waals surface area contributed by atoms with Crippen LogP contribution in [0, 0.1) is 5.92 Å². The van der Waals surface area contributed by atoms with Crippen molar-refractivity contribution in [2.45, 2.75) is 57.5 Å². The van der Waals surface area contributed by atoms with Gasteiger partial charge in [-0.25, -0.2) is 4.79 Å². The molecule has 0 aromatic heterocycles. The van der Waals surface area contributed by atoms with E-state index in [1.165, 1.54) is 17.5 Å². The summed E-state index contributed by atoms with van der Waals surface area (Å²) in [5.41, 5.74) is 2.86. The number of carbonyl (C=O) groups is 1. The van der Waals surface area contributed by atoms with E-state index < -0.39 is 0 Å². The Labute approximate surface area is 163 Å². The van der Waals surface area contributed by atoms with Crippen molar-refractivity contribution >= 4 is 6.03 Å². The summed E-state index contributed by atoms with van der Waals surface area (Å²) in [7, 11) is 1.74. The van der Waals surface area contributed by atoms with Crippen LogP contribution in [-0.4, -0.2) is 55.2 Å². The van der Waals surface area contributed by atoms with Gasteiger partial charge in [-0.05, 0) is 61.3 Å². The quantitative estimate of drug-likeness (QED) is 0.823. The molecular weight excluding hydrogens is 338 g/mol. The normalized spacial score (nSPS) is 27.3. The van der Waals surface area contributed by atoms with E-state index in [0.29, 0.717) is 18.0 Å². The van der Waals surface area contributed by atoms with Gasteiger partial charge in [0.05, 0.1) is 7.11 Å². The van der Waals surface area contributed by atoms with Crippen LogP contribution in [0.5, 0.6) is 5.75 Å². The van der Waals surface area contributed by atoms with Crippen LogP contribution in [0.3, 0.4) is 0 Å². The zero-order valence-corrected chi connectivity index (χ0v) is 16.7. The number of rotatable bonds is 4. The van der Waals surface area contributed by atoms with Crippen molar-refractivity contribution in [1.82, 2.24) is 15.1 Å². The molecule has 148 valence electrons. The van der Waals surface area contributed by atoms with Gasteiger partial charge in [0.15, 0.2) is 0 Å². The zero-order valence-electron chi connectivity index (χ0n) is 16.7. The fourth-order valence-corrected chi connectivity index (χ4v) is 5.29. The van der Waals surface area contributed by atoms with Crippen LogP contribution in [0.25, 0.3) is 0 Å². The van der Waals surface area contributed by atoms with Crippen LogP contribution in [0.2, 0.25) is 0 Å². The van der Waals surface area contributed by atoms with Gasteiger partial charge < -0.3 is 15.0 Å². The van der Waals surface area contributed by atoms with Gasteiger partial charge in [-0.3, -0.25) is 4.90 Å². The Hall–Kier alpha value is -1.75. The van der Waals surface area contributed by atoms with E-state index in [4.69, 9.17) is 4.74 Å². The predicted molar refractivity (Wildman–Crippen MR) is 107 cm³/mol. The Morgan fingerprint density at radius 1 is 1.33 bits per heavy atom. The maximum Gasteiger partial charge on any atom is 0.317 e. The Kier molecular flexibility index (Phi) is 5.58. The van der Waals surface area contributed by atoms with E-state index >= 15 is 0 Å². The summed E-state index contributed by atoms with van der Waals surface area (Å²) in [6, 6.07) is 7.50. The second kappa shape index (κ2) is 8.09. The summed E-state index contributed by atoms with van der Waals surface area (Å²) < 4.78 is 5.42. The molecule has 2 fully saturated rings. The van der Waals surface area contributed by atoms with Gasteiger partial charge in [0.25, 0.3) is 0 Å². The van der Waals surface area contributed by atoms with E-state index in [1.54, 1.807) is 7.11 Å². The number of hydrogen-bond donors (Lipinski definition) is 1. The Morgan fingerprint density at radius 3 is 3.04 bits per heavy atom. The summed E-state index contributed by atoms with van der Waals surface area (Å²) >= 11 is 0. The smallest absolute Gasteiger partial charge is 0.317 e. The van der Waals surface area contributed by atoms with Gasteiger partial charge in [-0.15, -0.1) is 0 Å². The molecule has 0 spiro atoms. The maximum absolute atomic E-state index is 12.8. The van der Waals surface area contributed by atoms with Gasteiger partial charge in [0.2, 0.25) is 0 Å². The molecule has 0 aliphatic carbocycles. The summed E-state index contributed by atoms with van der Waals surface area (Å²) in [6.45, 7) is 6.10. The maximum atomic E-state index is 12.8. The lowest BCUT2D eigenvalue weighted by Gasteiger charge is -2.52. The molecule has 0 radical (unpaired) electrons. The van der Waals surface area contributed by atoms with Crippen molar-refractivity contribution in [3.05, 3.63) is 29.3 Å². The molecule has 3 atom stereocenters. The summed E-state index contributed by atoms with van der Waals surface area (Å²) in [5.74, 6) is 1.57. The Balaban J connectivity index is 1.52. The lowest BCUT2D eigenvalue weighted by molar-refractivity contribution is 0.00573. The molecule has 0 bridgehead atoms. The molecule has 5 heteroatoms. The SMILES string of the molecule is CCCCNC(=O)N1CCCC2CN3CCc4cc(OC)ccc4C3CC21. The molecule has 2 saturated heterocycles. The topological polar surface area (TPSA) is 44.8 Å². The number of hydrogen-bond acceptors (Lipinski definition) is 3. The first-order chi connectivity index (χ1) is 13.2. The van der Waals surface area contributed by atoms with Crippen molar-refractivity contribution in [3.8, 4) is 5.75 Å². The highest BCUT2D eigenvalue weighted by molar-refractivity contribution is 5.74. The first-order valence-electron chi connectivity index (χ1n) is 10.7. The van der Waals surface area contributed by atoms with Crippen molar-refractivity contribution in [2.75, 3.05) is 33.3 Å². The molecule has 0 saturated carbocycles. The standard InChI is InChI=1S/C22H33N3O2/c1-3-4-10-23-22(26)25-11-5-6-17-15-24-12-9-16-13-18(27-2)7-8-19(16)21(24)14-20(17)25/h7-8,13,17,20-21H,3-6,9-12,14-15H2,1-2H3,(H,23,26). The molecule has 5 nitrogen and oxygen atoms in total. The predicted octanol–water partition coefficient (Wildman–Crippen LogP) is 3.59. The van der Waals surface area contributed by atoms with Gasteiger partial charge in [-0.1, -0.05) is 19.4 Å². The van der Waals surface area contributed by atoms with Crippen molar-refractivity contribution < 1.29 is 9.53 Å². The molecule has 27 heavy (non-hydrogen) atoms. The van der Waals surface area contributed by atoms with Crippen LogP contribution < -0.4 is 10.1 Å². The number of carbonyl (C=O) groups excluding carboxylic acids is 1. The third-order valence-electron chi connectivity index (χ3n) is 6.74. The first-order valence-corrected chi connectivity index (χ1v) is 10.7. The highest BCUT2D eigenvalue weighted by atomic mass is 16.5. The molecule has 1 aromatic carbocycles. The average molecular weight is 372 g/mol. The van der Waals surface area contributed by atoms with E-state index in [1.807, 2.05) is 0 Å². The molecule has 3 aliphatic heterocycles. The van der Waals surface area contributed by atoms with Gasteiger partial charge in [0, 0.05) is 38.3 Å². The molecule has 3 unspecified atom stereocenters. The number of piperidine rings is 2.